The van der Waals surface area contributed by atoms with Crippen molar-refractivity contribution < 1.29 is 4.79 Å². The first-order valence-electron chi connectivity index (χ1n) is 8.97. The van der Waals surface area contributed by atoms with Crippen LogP contribution in [0.4, 0.5) is 0 Å². The fourth-order valence-electron chi connectivity index (χ4n) is 6.26. The molecule has 0 aromatic rings. The zero-order valence-electron chi connectivity index (χ0n) is 13.6. The van der Waals surface area contributed by atoms with Crippen LogP contribution in [0.25, 0.3) is 0 Å². The van der Waals surface area contributed by atoms with Crippen LogP contribution >= 0.6 is 31.9 Å². The summed E-state index contributed by atoms with van der Waals surface area (Å²) >= 11 is 7.28. The van der Waals surface area contributed by atoms with Gasteiger partial charge in [0.1, 0.15) is 0 Å². The molecule has 0 aliphatic heterocycles. The molecule has 22 heavy (non-hydrogen) atoms. The number of rotatable bonds is 4. The summed E-state index contributed by atoms with van der Waals surface area (Å²) in [6, 6.07) is 0.377. The number of halogens is 2. The Labute approximate surface area is 150 Å². The summed E-state index contributed by atoms with van der Waals surface area (Å²) < 4.78 is -0.184. The predicted molar refractivity (Wildman–Crippen MR) is 96.1 cm³/mol. The standard InChI is InChI=1S/C18H27Br2NO/c1-3-14(21-15(22)16(2)10-18(16,19)20)17-7-11-4-12(8-17)6-13(5-11)9-17/h11-14H,3-10H2,1-2H3,(H,21,22)/t11?,12?,13?,14-,16-,17?/m1/s1. The Balaban J connectivity index is 1.52. The second-order valence-corrected chi connectivity index (χ2v) is 12.7. The van der Waals surface area contributed by atoms with Crippen LogP contribution < -0.4 is 5.32 Å². The predicted octanol–water partition coefficient (Wildman–Crippen LogP) is 4.99. The molecule has 0 aromatic carbocycles. The van der Waals surface area contributed by atoms with E-state index in [0.29, 0.717) is 11.5 Å². The van der Waals surface area contributed by atoms with E-state index in [9.17, 15) is 4.79 Å². The zero-order chi connectivity index (χ0) is 15.8. The normalized spacial score (nSPS) is 49.0. The maximum atomic E-state index is 12.8. The van der Waals surface area contributed by atoms with Gasteiger partial charge in [-0.25, -0.2) is 0 Å². The number of amides is 1. The number of nitrogens with one attached hydrogen (secondary N) is 1. The molecule has 1 amide bonds. The molecule has 0 heterocycles. The summed E-state index contributed by atoms with van der Waals surface area (Å²) in [6.45, 7) is 4.33. The molecule has 4 bridgehead atoms. The maximum absolute atomic E-state index is 12.8. The third-order valence-corrected chi connectivity index (χ3v) is 9.61. The molecule has 0 radical (unpaired) electrons. The van der Waals surface area contributed by atoms with Crippen molar-refractivity contribution >= 4 is 37.8 Å². The van der Waals surface area contributed by atoms with Gasteiger partial charge in [-0.2, -0.15) is 0 Å². The van der Waals surface area contributed by atoms with Gasteiger partial charge in [-0.1, -0.05) is 38.8 Å². The molecular formula is C18H27Br2NO. The minimum atomic E-state index is -0.289. The van der Waals surface area contributed by atoms with Gasteiger partial charge in [0.05, 0.1) is 8.65 Å². The van der Waals surface area contributed by atoms with Crippen molar-refractivity contribution in [3.8, 4) is 0 Å². The van der Waals surface area contributed by atoms with Crippen LogP contribution in [0.5, 0.6) is 0 Å². The number of carbonyl (C=O) groups excluding carboxylic acids is 1. The van der Waals surface area contributed by atoms with E-state index < -0.39 is 0 Å². The van der Waals surface area contributed by atoms with Crippen molar-refractivity contribution in [1.29, 1.82) is 0 Å². The highest BCUT2D eigenvalue weighted by atomic mass is 79.9. The van der Waals surface area contributed by atoms with E-state index in [2.05, 4.69) is 51.0 Å². The Morgan fingerprint density at radius 2 is 1.59 bits per heavy atom. The number of alkyl halides is 2. The van der Waals surface area contributed by atoms with Gasteiger partial charge in [0.2, 0.25) is 5.91 Å². The van der Waals surface area contributed by atoms with Crippen molar-refractivity contribution in [2.75, 3.05) is 0 Å². The summed E-state index contributed by atoms with van der Waals surface area (Å²) in [4.78, 5) is 12.8. The lowest BCUT2D eigenvalue weighted by atomic mass is 9.47. The van der Waals surface area contributed by atoms with E-state index in [4.69, 9.17) is 0 Å². The van der Waals surface area contributed by atoms with Gasteiger partial charge in [-0.05, 0) is 81.5 Å². The van der Waals surface area contributed by atoms with E-state index in [1.54, 1.807) is 0 Å². The number of hydrogen-bond acceptors (Lipinski definition) is 1. The fraction of sp³-hybridized carbons (Fsp3) is 0.944. The van der Waals surface area contributed by atoms with Crippen LogP contribution in [0.15, 0.2) is 0 Å². The lowest BCUT2D eigenvalue weighted by Crippen LogP contribution is -2.57. The van der Waals surface area contributed by atoms with Crippen molar-refractivity contribution in [1.82, 2.24) is 5.32 Å². The molecule has 0 spiro atoms. The van der Waals surface area contributed by atoms with E-state index in [1.807, 2.05) is 0 Å². The minimum Gasteiger partial charge on any atom is -0.352 e. The zero-order valence-corrected chi connectivity index (χ0v) is 16.8. The summed E-state index contributed by atoms with van der Waals surface area (Å²) in [6.07, 6.45) is 10.4. The van der Waals surface area contributed by atoms with Crippen LogP contribution in [0.1, 0.15) is 65.2 Å². The van der Waals surface area contributed by atoms with Crippen molar-refractivity contribution in [2.24, 2.45) is 28.6 Å². The van der Waals surface area contributed by atoms with Crippen molar-refractivity contribution in [3.63, 3.8) is 0 Å². The number of hydrogen-bond donors (Lipinski definition) is 1. The monoisotopic (exact) mass is 431 g/mol. The van der Waals surface area contributed by atoms with Crippen LogP contribution in [0.3, 0.4) is 0 Å². The van der Waals surface area contributed by atoms with E-state index >= 15 is 0 Å². The Morgan fingerprint density at radius 1 is 1.14 bits per heavy atom. The molecule has 5 aliphatic carbocycles. The minimum absolute atomic E-state index is 0.184. The second-order valence-electron chi connectivity index (χ2n) is 8.93. The molecule has 5 saturated carbocycles. The third kappa shape index (κ3) is 2.26. The van der Waals surface area contributed by atoms with Gasteiger partial charge in [0.25, 0.3) is 0 Å². The van der Waals surface area contributed by atoms with Gasteiger partial charge >= 0.3 is 0 Å². The molecule has 5 fully saturated rings. The van der Waals surface area contributed by atoms with Gasteiger partial charge in [0, 0.05) is 6.04 Å². The van der Waals surface area contributed by atoms with Gasteiger partial charge in [0.15, 0.2) is 0 Å². The summed E-state index contributed by atoms with van der Waals surface area (Å²) in [5.41, 5.74) is 0.119. The molecule has 0 saturated heterocycles. The first-order chi connectivity index (χ1) is 10.3. The molecule has 0 unspecified atom stereocenters. The summed E-state index contributed by atoms with van der Waals surface area (Å²) in [7, 11) is 0. The SMILES string of the molecule is CC[C@@H](NC(=O)[C@@]1(C)CC1(Br)Br)C12CC3CC(CC(C3)C1)C2. The molecule has 0 aromatic heterocycles. The fourth-order valence-corrected chi connectivity index (χ4v) is 7.74. The van der Waals surface area contributed by atoms with Crippen LogP contribution in [0.2, 0.25) is 0 Å². The van der Waals surface area contributed by atoms with Crippen LogP contribution in [0, 0.1) is 28.6 Å². The van der Waals surface area contributed by atoms with E-state index in [-0.39, 0.29) is 14.6 Å². The highest BCUT2D eigenvalue weighted by molar-refractivity contribution is 9.25. The lowest BCUT2D eigenvalue weighted by Gasteiger charge is -2.59. The van der Waals surface area contributed by atoms with Crippen molar-refractivity contribution in [3.05, 3.63) is 0 Å². The molecule has 2 nitrogen and oxygen atoms in total. The highest BCUT2D eigenvalue weighted by Gasteiger charge is 2.67. The molecule has 5 rings (SSSR count). The highest BCUT2D eigenvalue weighted by Crippen LogP contribution is 2.67. The largest absolute Gasteiger partial charge is 0.352 e. The molecular weight excluding hydrogens is 406 g/mol. The van der Waals surface area contributed by atoms with Crippen molar-refractivity contribution in [2.45, 2.75) is 74.5 Å². The smallest absolute Gasteiger partial charge is 0.228 e. The average Bonchev–Trinajstić information content (AvgIpc) is 2.94. The average molecular weight is 433 g/mol. The Kier molecular flexibility index (Phi) is 3.60. The summed E-state index contributed by atoms with van der Waals surface area (Å²) in [5.74, 6) is 3.07. The Bertz CT molecular complexity index is 468. The molecule has 124 valence electrons. The molecule has 4 heteroatoms. The quantitative estimate of drug-likeness (QED) is 0.622. The summed E-state index contributed by atoms with van der Waals surface area (Å²) in [5, 5.41) is 3.48. The van der Waals surface area contributed by atoms with Crippen LogP contribution in [-0.4, -0.2) is 15.2 Å². The third-order valence-electron chi connectivity index (χ3n) is 7.30. The van der Waals surface area contributed by atoms with E-state index in [0.717, 1.165) is 30.6 Å². The van der Waals surface area contributed by atoms with E-state index in [1.165, 1.54) is 38.5 Å². The topological polar surface area (TPSA) is 29.1 Å². The Morgan fingerprint density at radius 3 is 1.95 bits per heavy atom. The maximum Gasteiger partial charge on any atom is 0.228 e. The van der Waals surface area contributed by atoms with Gasteiger partial charge < -0.3 is 5.32 Å². The van der Waals surface area contributed by atoms with Crippen LogP contribution in [-0.2, 0) is 4.79 Å². The van der Waals surface area contributed by atoms with Gasteiger partial charge in [-0.3, -0.25) is 4.79 Å². The first-order valence-corrected chi connectivity index (χ1v) is 10.6. The van der Waals surface area contributed by atoms with Gasteiger partial charge in [-0.15, -0.1) is 0 Å². The molecule has 1 N–H and O–H groups in total. The Hall–Kier alpha value is 0.430. The molecule has 2 atom stereocenters. The second kappa shape index (κ2) is 4.97. The first kappa shape index (κ1) is 15.9. The number of carbonyl (C=O) groups is 1. The molecule has 5 aliphatic rings. The lowest BCUT2D eigenvalue weighted by molar-refractivity contribution is -0.131.